The van der Waals surface area contributed by atoms with E-state index in [1.807, 2.05) is 0 Å². The molecule has 0 aliphatic rings. The van der Waals surface area contributed by atoms with Crippen LogP contribution in [0.3, 0.4) is 0 Å². The van der Waals surface area contributed by atoms with Crippen LogP contribution in [0.5, 0.6) is 0 Å². The lowest BCUT2D eigenvalue weighted by Gasteiger charge is -2.10. The van der Waals surface area contributed by atoms with Gasteiger partial charge in [0.2, 0.25) is 5.91 Å². The van der Waals surface area contributed by atoms with Crippen LogP contribution in [-0.4, -0.2) is 5.91 Å². The van der Waals surface area contributed by atoms with Crippen molar-refractivity contribution in [2.75, 3.05) is 5.32 Å². The first kappa shape index (κ1) is 14.7. The number of benzene rings is 1. The molecule has 19 heavy (non-hydrogen) atoms. The first-order valence-corrected chi connectivity index (χ1v) is 7.66. The van der Waals surface area contributed by atoms with Crippen LogP contribution in [0.1, 0.15) is 15.2 Å². The summed E-state index contributed by atoms with van der Waals surface area (Å²) < 4.78 is 0.820. The Balaban J connectivity index is 2.12. The molecule has 0 saturated heterocycles. The van der Waals surface area contributed by atoms with Gasteiger partial charge in [0.1, 0.15) is 0 Å². The minimum Gasteiger partial charge on any atom is -0.378 e. The Kier molecular flexibility index (Phi) is 4.73. The van der Waals surface area contributed by atoms with Gasteiger partial charge in [0.15, 0.2) is 0 Å². The lowest BCUT2D eigenvalue weighted by molar-refractivity contribution is 0.100. The van der Waals surface area contributed by atoms with Gasteiger partial charge in [-0.3, -0.25) is 4.79 Å². The van der Waals surface area contributed by atoms with Crippen molar-refractivity contribution >= 4 is 62.1 Å². The molecule has 0 aliphatic carbocycles. The molecular formula is C12H9BrCl2N2OS. The number of rotatable bonds is 4. The van der Waals surface area contributed by atoms with E-state index in [2.05, 4.69) is 21.2 Å². The van der Waals surface area contributed by atoms with Gasteiger partial charge in [0.25, 0.3) is 0 Å². The fraction of sp³-hybridized carbons (Fsp3) is 0.0833. The molecule has 0 unspecified atom stereocenters. The number of anilines is 1. The van der Waals surface area contributed by atoms with Crippen molar-refractivity contribution < 1.29 is 4.79 Å². The third kappa shape index (κ3) is 3.63. The van der Waals surface area contributed by atoms with E-state index in [1.165, 1.54) is 11.3 Å². The molecular weight excluding hydrogens is 371 g/mol. The molecule has 7 heteroatoms. The van der Waals surface area contributed by atoms with Crippen LogP contribution < -0.4 is 11.1 Å². The fourth-order valence-corrected chi connectivity index (χ4v) is 3.64. The third-order valence-electron chi connectivity index (χ3n) is 2.38. The monoisotopic (exact) mass is 378 g/mol. The normalized spacial score (nSPS) is 10.5. The topological polar surface area (TPSA) is 55.1 Å². The van der Waals surface area contributed by atoms with Crippen molar-refractivity contribution in [2.24, 2.45) is 5.73 Å². The summed E-state index contributed by atoms with van der Waals surface area (Å²) in [6.07, 6.45) is 0. The Morgan fingerprint density at radius 1 is 1.32 bits per heavy atom. The summed E-state index contributed by atoms with van der Waals surface area (Å²) in [7, 11) is 0. The van der Waals surface area contributed by atoms with Crippen molar-refractivity contribution in [3.05, 3.63) is 48.5 Å². The number of thiophene rings is 1. The van der Waals surface area contributed by atoms with Crippen molar-refractivity contribution in [3.8, 4) is 0 Å². The third-order valence-corrected chi connectivity index (χ3v) is 4.38. The summed E-state index contributed by atoms with van der Waals surface area (Å²) in [6, 6.07) is 5.28. The molecule has 1 amide bonds. The number of hydrogen-bond donors (Lipinski definition) is 2. The molecule has 3 nitrogen and oxygen atoms in total. The Morgan fingerprint density at radius 2 is 1.95 bits per heavy atom. The molecule has 0 atom stereocenters. The maximum Gasteiger partial charge on any atom is 0.249 e. The van der Waals surface area contributed by atoms with Crippen LogP contribution in [0.25, 0.3) is 0 Å². The zero-order valence-electron chi connectivity index (χ0n) is 9.54. The van der Waals surface area contributed by atoms with Gasteiger partial charge in [-0.15, -0.1) is 11.3 Å². The molecule has 0 aliphatic heterocycles. The van der Waals surface area contributed by atoms with E-state index >= 15 is 0 Å². The molecule has 0 radical (unpaired) electrons. The molecule has 3 N–H and O–H groups in total. The van der Waals surface area contributed by atoms with Gasteiger partial charge in [0.05, 0.1) is 21.3 Å². The minimum atomic E-state index is -0.429. The molecule has 0 fully saturated rings. The summed E-state index contributed by atoms with van der Waals surface area (Å²) in [4.78, 5) is 12.0. The Labute approximate surface area is 132 Å². The molecule has 2 aromatic rings. The zero-order chi connectivity index (χ0) is 14.0. The van der Waals surface area contributed by atoms with E-state index in [4.69, 9.17) is 28.9 Å². The largest absolute Gasteiger partial charge is 0.378 e. The quantitative estimate of drug-likeness (QED) is 0.819. The van der Waals surface area contributed by atoms with E-state index in [1.54, 1.807) is 23.6 Å². The summed E-state index contributed by atoms with van der Waals surface area (Å²) in [5.74, 6) is -0.429. The highest BCUT2D eigenvalue weighted by atomic mass is 79.9. The van der Waals surface area contributed by atoms with Gasteiger partial charge in [-0.1, -0.05) is 39.1 Å². The maximum atomic E-state index is 11.0. The number of amides is 1. The number of nitrogens with two attached hydrogens (primary N) is 1. The maximum absolute atomic E-state index is 11.0. The van der Waals surface area contributed by atoms with Gasteiger partial charge >= 0.3 is 0 Å². The van der Waals surface area contributed by atoms with Gasteiger partial charge in [0, 0.05) is 21.3 Å². The standard InChI is InChI=1S/C12H9BrCl2N2OS/c13-7-2-9(14)11(10(15)3-7)17-4-8-1-6(5-19-8)12(16)18/h1-3,5,17H,4H2,(H2,16,18). The zero-order valence-corrected chi connectivity index (χ0v) is 13.5. The molecule has 1 heterocycles. The predicted molar refractivity (Wildman–Crippen MR) is 84.3 cm³/mol. The summed E-state index contributed by atoms with van der Waals surface area (Å²) in [6.45, 7) is 0.527. The number of primary amides is 1. The Bertz CT molecular complexity index is 607. The minimum absolute atomic E-state index is 0.429. The van der Waals surface area contributed by atoms with Gasteiger partial charge in [-0.2, -0.15) is 0 Å². The van der Waals surface area contributed by atoms with E-state index in [9.17, 15) is 4.79 Å². The average molecular weight is 380 g/mol. The fourth-order valence-electron chi connectivity index (χ4n) is 1.49. The van der Waals surface area contributed by atoms with Crippen molar-refractivity contribution in [3.63, 3.8) is 0 Å². The Morgan fingerprint density at radius 3 is 2.47 bits per heavy atom. The second kappa shape index (κ2) is 6.13. The highest BCUT2D eigenvalue weighted by Crippen LogP contribution is 2.34. The molecule has 0 bridgehead atoms. The second-order valence-electron chi connectivity index (χ2n) is 3.76. The van der Waals surface area contributed by atoms with Gasteiger partial charge in [-0.25, -0.2) is 0 Å². The van der Waals surface area contributed by atoms with Crippen LogP contribution in [-0.2, 0) is 6.54 Å². The summed E-state index contributed by atoms with van der Waals surface area (Å²) >= 11 is 17.0. The van der Waals surface area contributed by atoms with Crippen molar-refractivity contribution in [2.45, 2.75) is 6.54 Å². The van der Waals surface area contributed by atoms with Crippen LogP contribution in [0.15, 0.2) is 28.1 Å². The number of hydrogen-bond acceptors (Lipinski definition) is 3. The molecule has 1 aromatic heterocycles. The summed E-state index contributed by atoms with van der Waals surface area (Å²) in [5, 5.41) is 5.94. The number of carbonyl (C=O) groups is 1. The van der Waals surface area contributed by atoms with E-state index in [0.29, 0.717) is 27.8 Å². The number of carbonyl (C=O) groups excluding carboxylic acids is 1. The number of halogens is 3. The lowest BCUT2D eigenvalue weighted by Crippen LogP contribution is -2.09. The van der Waals surface area contributed by atoms with E-state index in [-0.39, 0.29) is 0 Å². The molecule has 100 valence electrons. The molecule has 0 saturated carbocycles. The van der Waals surface area contributed by atoms with E-state index < -0.39 is 5.91 Å². The summed E-state index contributed by atoms with van der Waals surface area (Å²) in [5.41, 5.74) is 6.38. The first-order chi connectivity index (χ1) is 8.97. The smallest absolute Gasteiger partial charge is 0.249 e. The lowest BCUT2D eigenvalue weighted by atomic mass is 10.3. The molecule has 0 spiro atoms. The average Bonchev–Trinajstić information content (AvgIpc) is 2.76. The predicted octanol–water partition coefficient (Wildman–Crippen LogP) is 4.53. The van der Waals surface area contributed by atoms with Gasteiger partial charge in [-0.05, 0) is 18.2 Å². The molecule has 2 rings (SSSR count). The van der Waals surface area contributed by atoms with Gasteiger partial charge < -0.3 is 11.1 Å². The van der Waals surface area contributed by atoms with Crippen LogP contribution >= 0.6 is 50.5 Å². The Hall–Kier alpha value is -0.750. The van der Waals surface area contributed by atoms with E-state index in [0.717, 1.165) is 9.35 Å². The van der Waals surface area contributed by atoms with Crippen molar-refractivity contribution in [1.29, 1.82) is 0 Å². The SMILES string of the molecule is NC(=O)c1csc(CNc2c(Cl)cc(Br)cc2Cl)c1. The van der Waals surface area contributed by atoms with Crippen LogP contribution in [0.2, 0.25) is 10.0 Å². The highest BCUT2D eigenvalue weighted by molar-refractivity contribution is 9.10. The number of nitrogens with one attached hydrogen (secondary N) is 1. The highest BCUT2D eigenvalue weighted by Gasteiger charge is 2.09. The molecule has 1 aromatic carbocycles. The van der Waals surface area contributed by atoms with Crippen LogP contribution in [0, 0.1) is 0 Å². The first-order valence-electron chi connectivity index (χ1n) is 5.23. The van der Waals surface area contributed by atoms with Crippen LogP contribution in [0.4, 0.5) is 5.69 Å². The van der Waals surface area contributed by atoms with Crippen molar-refractivity contribution in [1.82, 2.24) is 0 Å². The second-order valence-corrected chi connectivity index (χ2v) is 6.49.